The zero-order chi connectivity index (χ0) is 23.9. The van der Waals surface area contributed by atoms with E-state index in [1.165, 1.54) is 109 Å². The largest absolute Gasteiger partial charge is 0.462 e. The zero-order valence-corrected chi connectivity index (χ0v) is 23.0. The summed E-state index contributed by atoms with van der Waals surface area (Å²) in [5.41, 5.74) is 0.401. The maximum absolute atomic E-state index is 12.4. The van der Waals surface area contributed by atoms with E-state index < -0.39 is 0 Å². The Labute approximate surface area is 203 Å². The van der Waals surface area contributed by atoms with Gasteiger partial charge in [0.15, 0.2) is 0 Å². The Balaban J connectivity index is 4.06. The van der Waals surface area contributed by atoms with Crippen molar-refractivity contribution in [2.75, 3.05) is 0 Å². The topological polar surface area (TPSA) is 26.3 Å². The number of rotatable bonds is 23. The molecule has 0 fully saturated rings. The third-order valence-corrected chi connectivity index (χ3v) is 6.62. The summed E-state index contributed by atoms with van der Waals surface area (Å²) < 4.78 is 5.96. The molecular weight excluding hydrogens is 392 g/mol. The van der Waals surface area contributed by atoms with E-state index in [4.69, 9.17) is 4.74 Å². The van der Waals surface area contributed by atoms with Gasteiger partial charge in [0.1, 0.15) is 6.10 Å². The maximum atomic E-state index is 12.4. The lowest BCUT2D eigenvalue weighted by Gasteiger charge is -2.19. The van der Waals surface area contributed by atoms with E-state index in [-0.39, 0.29) is 12.1 Å². The first-order valence-corrected chi connectivity index (χ1v) is 14.6. The van der Waals surface area contributed by atoms with Crippen molar-refractivity contribution in [1.29, 1.82) is 0 Å². The number of ether oxygens (including phenoxy) is 1. The van der Waals surface area contributed by atoms with Crippen LogP contribution in [0.3, 0.4) is 0 Å². The number of carbonyl (C=O) groups excluding carboxylic acids is 1. The highest BCUT2D eigenvalue weighted by molar-refractivity contribution is 5.69. The van der Waals surface area contributed by atoms with E-state index in [1.807, 2.05) is 0 Å². The van der Waals surface area contributed by atoms with Crippen LogP contribution < -0.4 is 0 Å². The molecule has 0 aliphatic carbocycles. The SMILES string of the molecule is CCCCCCCCCCCC(CCCCCCCC)OC(=O)CCCCCC(C)(C)C. The predicted molar refractivity (Wildman–Crippen MR) is 142 cm³/mol. The van der Waals surface area contributed by atoms with Crippen LogP contribution in [0.2, 0.25) is 0 Å². The Morgan fingerprint density at radius 3 is 1.44 bits per heavy atom. The number of hydrogen-bond acceptors (Lipinski definition) is 2. The molecule has 0 saturated carbocycles. The Morgan fingerprint density at radius 2 is 1.00 bits per heavy atom. The molecule has 0 amide bonds. The highest BCUT2D eigenvalue weighted by Crippen LogP contribution is 2.23. The fourth-order valence-electron chi connectivity index (χ4n) is 4.44. The predicted octanol–water partition coefficient (Wildman–Crippen LogP) is 10.6. The standard InChI is InChI=1S/C30H60O2/c1-6-8-10-12-14-15-16-18-21-25-28(24-20-17-13-11-9-7-2)32-29(31)26-22-19-23-27-30(3,4)5/h28H,6-27H2,1-5H3. The van der Waals surface area contributed by atoms with Crippen molar-refractivity contribution in [1.82, 2.24) is 0 Å². The Hall–Kier alpha value is -0.530. The van der Waals surface area contributed by atoms with Crippen LogP contribution in [0.4, 0.5) is 0 Å². The lowest BCUT2D eigenvalue weighted by Crippen LogP contribution is -2.18. The van der Waals surface area contributed by atoms with Crippen molar-refractivity contribution in [2.45, 2.75) is 182 Å². The van der Waals surface area contributed by atoms with E-state index in [0.717, 1.165) is 25.7 Å². The van der Waals surface area contributed by atoms with Crippen LogP contribution in [-0.2, 0) is 9.53 Å². The Kier molecular flexibility index (Phi) is 21.9. The fraction of sp³-hybridized carbons (Fsp3) is 0.967. The molecule has 0 aromatic carbocycles. The molecule has 192 valence electrons. The van der Waals surface area contributed by atoms with Gasteiger partial charge in [-0.3, -0.25) is 4.79 Å². The summed E-state index contributed by atoms with van der Waals surface area (Å²) >= 11 is 0. The van der Waals surface area contributed by atoms with Gasteiger partial charge in [0.05, 0.1) is 0 Å². The summed E-state index contributed by atoms with van der Waals surface area (Å²) in [7, 11) is 0. The van der Waals surface area contributed by atoms with Crippen molar-refractivity contribution in [2.24, 2.45) is 5.41 Å². The van der Waals surface area contributed by atoms with Crippen molar-refractivity contribution in [3.05, 3.63) is 0 Å². The van der Waals surface area contributed by atoms with Crippen LogP contribution >= 0.6 is 0 Å². The Morgan fingerprint density at radius 1 is 0.594 bits per heavy atom. The minimum absolute atomic E-state index is 0.0488. The van der Waals surface area contributed by atoms with Crippen molar-refractivity contribution in [3.8, 4) is 0 Å². The van der Waals surface area contributed by atoms with Crippen molar-refractivity contribution in [3.63, 3.8) is 0 Å². The number of unbranched alkanes of at least 4 members (excludes halogenated alkanes) is 15. The summed E-state index contributed by atoms with van der Waals surface area (Å²) in [6, 6.07) is 0. The van der Waals surface area contributed by atoms with Crippen LogP contribution in [0.1, 0.15) is 176 Å². The molecule has 0 N–H and O–H groups in total. The molecule has 0 saturated heterocycles. The molecule has 1 atom stereocenters. The molecule has 2 nitrogen and oxygen atoms in total. The quantitative estimate of drug-likeness (QED) is 0.114. The first kappa shape index (κ1) is 31.5. The highest BCUT2D eigenvalue weighted by Gasteiger charge is 2.15. The summed E-state index contributed by atoms with van der Waals surface area (Å²) in [5, 5.41) is 0. The molecule has 0 radical (unpaired) electrons. The van der Waals surface area contributed by atoms with Crippen LogP contribution in [0.25, 0.3) is 0 Å². The molecular formula is C30H60O2. The van der Waals surface area contributed by atoms with E-state index in [9.17, 15) is 4.79 Å². The van der Waals surface area contributed by atoms with Gasteiger partial charge in [-0.05, 0) is 43.9 Å². The second-order valence-electron chi connectivity index (χ2n) is 11.4. The fourth-order valence-corrected chi connectivity index (χ4v) is 4.44. The van der Waals surface area contributed by atoms with Gasteiger partial charge in [-0.15, -0.1) is 0 Å². The Bertz CT molecular complexity index is 396. The van der Waals surface area contributed by atoms with E-state index in [2.05, 4.69) is 34.6 Å². The summed E-state index contributed by atoms with van der Waals surface area (Å²) in [4.78, 5) is 12.4. The van der Waals surface area contributed by atoms with E-state index in [0.29, 0.717) is 11.8 Å². The third kappa shape index (κ3) is 24.1. The molecule has 0 rings (SSSR count). The number of carbonyl (C=O) groups is 1. The van der Waals surface area contributed by atoms with Gasteiger partial charge in [0.25, 0.3) is 0 Å². The number of esters is 1. The third-order valence-electron chi connectivity index (χ3n) is 6.62. The van der Waals surface area contributed by atoms with Gasteiger partial charge in [0, 0.05) is 6.42 Å². The minimum Gasteiger partial charge on any atom is -0.462 e. The molecule has 0 aromatic rings. The molecule has 0 spiro atoms. The van der Waals surface area contributed by atoms with Crippen molar-refractivity contribution >= 4 is 5.97 Å². The first-order chi connectivity index (χ1) is 15.4. The summed E-state index contributed by atoms with van der Waals surface area (Å²) in [6.07, 6.45) is 27.5. The van der Waals surface area contributed by atoms with Crippen molar-refractivity contribution < 1.29 is 9.53 Å². The molecule has 0 aliphatic rings. The molecule has 32 heavy (non-hydrogen) atoms. The molecule has 0 heterocycles. The molecule has 0 aromatic heterocycles. The number of hydrogen-bond donors (Lipinski definition) is 0. The van der Waals surface area contributed by atoms with E-state index >= 15 is 0 Å². The second kappa shape index (κ2) is 22.3. The molecule has 0 bridgehead atoms. The van der Waals surface area contributed by atoms with Crippen LogP contribution in [0.5, 0.6) is 0 Å². The summed E-state index contributed by atoms with van der Waals surface area (Å²) in [6.45, 7) is 11.4. The molecule has 2 heteroatoms. The smallest absolute Gasteiger partial charge is 0.306 e. The van der Waals surface area contributed by atoms with Gasteiger partial charge in [-0.2, -0.15) is 0 Å². The van der Waals surface area contributed by atoms with Crippen LogP contribution in [0, 0.1) is 5.41 Å². The van der Waals surface area contributed by atoms with Gasteiger partial charge >= 0.3 is 5.97 Å². The average Bonchev–Trinajstić information content (AvgIpc) is 2.73. The van der Waals surface area contributed by atoms with Crippen LogP contribution in [0.15, 0.2) is 0 Å². The molecule has 1 unspecified atom stereocenters. The molecule has 0 aliphatic heterocycles. The second-order valence-corrected chi connectivity index (χ2v) is 11.4. The average molecular weight is 453 g/mol. The zero-order valence-electron chi connectivity index (χ0n) is 23.0. The van der Waals surface area contributed by atoms with Gasteiger partial charge in [-0.1, -0.05) is 131 Å². The van der Waals surface area contributed by atoms with Crippen LogP contribution in [-0.4, -0.2) is 12.1 Å². The summed E-state index contributed by atoms with van der Waals surface area (Å²) in [5.74, 6) is 0.0488. The monoisotopic (exact) mass is 452 g/mol. The van der Waals surface area contributed by atoms with E-state index in [1.54, 1.807) is 0 Å². The van der Waals surface area contributed by atoms with Gasteiger partial charge in [0.2, 0.25) is 0 Å². The minimum atomic E-state index is 0.0488. The normalized spacial score (nSPS) is 12.8. The van der Waals surface area contributed by atoms with Gasteiger partial charge in [-0.25, -0.2) is 0 Å². The lowest BCUT2D eigenvalue weighted by atomic mass is 9.89. The van der Waals surface area contributed by atoms with Gasteiger partial charge < -0.3 is 4.74 Å². The first-order valence-electron chi connectivity index (χ1n) is 14.6. The lowest BCUT2D eigenvalue weighted by molar-refractivity contribution is -0.150. The highest BCUT2D eigenvalue weighted by atomic mass is 16.5. The maximum Gasteiger partial charge on any atom is 0.306 e.